The number of imidazole rings is 1. The zero-order valence-electron chi connectivity index (χ0n) is 10.5. The Morgan fingerprint density at radius 1 is 1.58 bits per heavy atom. The van der Waals surface area contributed by atoms with E-state index in [1.54, 1.807) is 31.6 Å². The van der Waals surface area contributed by atoms with Gasteiger partial charge in [-0.1, -0.05) is 0 Å². The topological polar surface area (TPSA) is 73.4 Å². The first-order chi connectivity index (χ1) is 9.26. The lowest BCUT2D eigenvalue weighted by Crippen LogP contribution is -2.41. The lowest BCUT2D eigenvalue weighted by Gasteiger charge is -2.33. The molecule has 0 saturated carbocycles. The Morgan fingerprint density at radius 3 is 3.21 bits per heavy atom. The summed E-state index contributed by atoms with van der Waals surface area (Å²) in [6.45, 7) is 0.250. The second kappa shape index (κ2) is 4.99. The normalized spacial score (nSPS) is 22.2. The SMILES string of the molecule is COC1CC(COC(=O)c2ccc3nc[nH]c3c2)O1. The van der Waals surface area contributed by atoms with Gasteiger partial charge in [0.15, 0.2) is 6.29 Å². The smallest absolute Gasteiger partial charge is 0.338 e. The molecule has 1 fully saturated rings. The summed E-state index contributed by atoms with van der Waals surface area (Å²) >= 11 is 0. The van der Waals surface area contributed by atoms with Gasteiger partial charge in [0.2, 0.25) is 0 Å². The highest BCUT2D eigenvalue weighted by Gasteiger charge is 2.30. The fourth-order valence-corrected chi connectivity index (χ4v) is 1.99. The number of rotatable bonds is 4. The van der Waals surface area contributed by atoms with Gasteiger partial charge < -0.3 is 19.2 Å². The fraction of sp³-hybridized carbons (Fsp3) is 0.385. The Morgan fingerprint density at radius 2 is 2.42 bits per heavy atom. The van der Waals surface area contributed by atoms with Gasteiger partial charge in [-0.25, -0.2) is 9.78 Å². The third-order valence-corrected chi connectivity index (χ3v) is 3.12. The summed E-state index contributed by atoms with van der Waals surface area (Å²) in [4.78, 5) is 18.9. The van der Waals surface area contributed by atoms with Crippen LogP contribution in [-0.2, 0) is 14.2 Å². The van der Waals surface area contributed by atoms with E-state index in [4.69, 9.17) is 14.2 Å². The van der Waals surface area contributed by atoms with Crippen molar-refractivity contribution in [2.45, 2.75) is 18.8 Å². The number of benzene rings is 1. The van der Waals surface area contributed by atoms with Crippen molar-refractivity contribution in [1.29, 1.82) is 0 Å². The predicted octanol–water partition coefficient (Wildman–Crippen LogP) is 1.48. The first-order valence-corrected chi connectivity index (χ1v) is 6.05. The quantitative estimate of drug-likeness (QED) is 0.845. The Bertz CT molecular complexity index is 589. The third-order valence-electron chi connectivity index (χ3n) is 3.12. The summed E-state index contributed by atoms with van der Waals surface area (Å²) in [7, 11) is 1.59. The van der Waals surface area contributed by atoms with Gasteiger partial charge in [0.25, 0.3) is 0 Å². The number of aromatic nitrogens is 2. The van der Waals surface area contributed by atoms with E-state index < -0.39 is 0 Å². The maximum absolute atomic E-state index is 11.9. The number of methoxy groups -OCH3 is 1. The number of nitrogens with one attached hydrogen (secondary N) is 1. The molecule has 19 heavy (non-hydrogen) atoms. The highest BCUT2D eigenvalue weighted by Crippen LogP contribution is 2.21. The van der Waals surface area contributed by atoms with Gasteiger partial charge in [-0.2, -0.15) is 0 Å². The Labute approximate surface area is 109 Å². The number of H-pyrrole nitrogens is 1. The lowest BCUT2D eigenvalue weighted by molar-refractivity contribution is -0.253. The number of ether oxygens (including phenoxy) is 3. The Kier molecular flexibility index (Phi) is 3.18. The van der Waals surface area contributed by atoms with E-state index in [-0.39, 0.29) is 25.0 Å². The van der Waals surface area contributed by atoms with Crippen LogP contribution in [-0.4, -0.2) is 42.0 Å². The van der Waals surface area contributed by atoms with Crippen LogP contribution in [0.3, 0.4) is 0 Å². The van der Waals surface area contributed by atoms with Crippen molar-refractivity contribution >= 4 is 17.0 Å². The van der Waals surface area contributed by atoms with E-state index >= 15 is 0 Å². The molecule has 1 aliphatic heterocycles. The molecule has 2 heterocycles. The molecule has 1 saturated heterocycles. The molecular weight excluding hydrogens is 248 g/mol. The number of carbonyl (C=O) groups excluding carboxylic acids is 1. The second-order valence-corrected chi connectivity index (χ2v) is 4.39. The molecule has 1 aromatic carbocycles. The van der Waals surface area contributed by atoms with Crippen molar-refractivity contribution in [2.24, 2.45) is 0 Å². The van der Waals surface area contributed by atoms with Crippen LogP contribution in [0.4, 0.5) is 0 Å². The highest BCUT2D eigenvalue weighted by atomic mass is 16.7. The van der Waals surface area contributed by atoms with Crippen molar-refractivity contribution in [2.75, 3.05) is 13.7 Å². The van der Waals surface area contributed by atoms with Crippen molar-refractivity contribution < 1.29 is 19.0 Å². The van der Waals surface area contributed by atoms with Crippen LogP contribution in [0.2, 0.25) is 0 Å². The zero-order chi connectivity index (χ0) is 13.2. The number of carbonyl (C=O) groups is 1. The van der Waals surface area contributed by atoms with Gasteiger partial charge in [0, 0.05) is 13.5 Å². The molecule has 0 radical (unpaired) electrons. The molecule has 2 aromatic rings. The van der Waals surface area contributed by atoms with Gasteiger partial charge >= 0.3 is 5.97 Å². The lowest BCUT2D eigenvalue weighted by atomic mass is 10.1. The molecular formula is C13H14N2O4. The van der Waals surface area contributed by atoms with Crippen molar-refractivity contribution in [3.05, 3.63) is 30.1 Å². The van der Waals surface area contributed by atoms with Crippen molar-refractivity contribution in [1.82, 2.24) is 9.97 Å². The van der Waals surface area contributed by atoms with Crippen LogP contribution in [0.5, 0.6) is 0 Å². The first-order valence-electron chi connectivity index (χ1n) is 6.05. The largest absolute Gasteiger partial charge is 0.459 e. The summed E-state index contributed by atoms with van der Waals surface area (Å²) in [6.07, 6.45) is 2.12. The van der Waals surface area contributed by atoms with Crippen molar-refractivity contribution in [3.8, 4) is 0 Å². The first kappa shape index (κ1) is 12.1. The standard InChI is InChI=1S/C13H14N2O4/c1-17-12-5-9(19-12)6-18-13(16)8-2-3-10-11(4-8)15-7-14-10/h2-4,7,9,12H,5-6H2,1H3,(H,14,15). The monoisotopic (exact) mass is 262 g/mol. The third kappa shape index (κ3) is 2.45. The van der Waals surface area contributed by atoms with Crippen LogP contribution in [0, 0.1) is 0 Å². The number of esters is 1. The van der Waals surface area contributed by atoms with Crippen LogP contribution >= 0.6 is 0 Å². The molecule has 3 rings (SSSR count). The highest BCUT2D eigenvalue weighted by molar-refractivity contribution is 5.93. The van der Waals surface area contributed by atoms with Gasteiger partial charge in [-0.3, -0.25) is 0 Å². The maximum atomic E-state index is 11.9. The number of hydrogen-bond donors (Lipinski definition) is 1. The van der Waals surface area contributed by atoms with E-state index in [0.29, 0.717) is 5.56 Å². The minimum absolute atomic E-state index is 0.0650. The summed E-state index contributed by atoms with van der Waals surface area (Å²) < 4.78 is 15.5. The van der Waals surface area contributed by atoms with Crippen LogP contribution in [0.1, 0.15) is 16.8 Å². The molecule has 2 unspecified atom stereocenters. The summed E-state index contributed by atoms with van der Waals surface area (Å²) in [5, 5.41) is 0. The number of fused-ring (bicyclic) bond motifs is 1. The second-order valence-electron chi connectivity index (χ2n) is 4.39. The van der Waals surface area contributed by atoms with E-state index in [1.807, 2.05) is 0 Å². The number of nitrogens with zero attached hydrogens (tertiary/aromatic N) is 1. The Hall–Kier alpha value is -1.92. The molecule has 0 spiro atoms. The molecule has 0 amide bonds. The van der Waals surface area contributed by atoms with Gasteiger partial charge in [0.05, 0.1) is 29.0 Å². The van der Waals surface area contributed by atoms with Crippen LogP contribution < -0.4 is 0 Å². The van der Waals surface area contributed by atoms with Crippen LogP contribution in [0.25, 0.3) is 11.0 Å². The summed E-state index contributed by atoms with van der Waals surface area (Å²) in [6, 6.07) is 5.21. The number of hydrogen-bond acceptors (Lipinski definition) is 5. The minimum Gasteiger partial charge on any atom is -0.459 e. The molecule has 0 bridgehead atoms. The summed E-state index contributed by atoms with van der Waals surface area (Å²) in [5.74, 6) is -0.360. The maximum Gasteiger partial charge on any atom is 0.338 e. The van der Waals surface area contributed by atoms with E-state index in [9.17, 15) is 4.79 Å². The van der Waals surface area contributed by atoms with Gasteiger partial charge in [0.1, 0.15) is 6.61 Å². The van der Waals surface area contributed by atoms with Crippen LogP contribution in [0.15, 0.2) is 24.5 Å². The molecule has 100 valence electrons. The zero-order valence-corrected chi connectivity index (χ0v) is 10.5. The van der Waals surface area contributed by atoms with Gasteiger partial charge in [-0.15, -0.1) is 0 Å². The molecule has 2 atom stereocenters. The average molecular weight is 262 g/mol. The summed E-state index contributed by atoms with van der Waals surface area (Å²) in [5.41, 5.74) is 2.13. The predicted molar refractivity (Wildman–Crippen MR) is 66.7 cm³/mol. The fourth-order valence-electron chi connectivity index (χ4n) is 1.99. The molecule has 1 aromatic heterocycles. The van der Waals surface area contributed by atoms with Gasteiger partial charge in [-0.05, 0) is 18.2 Å². The molecule has 6 heteroatoms. The van der Waals surface area contributed by atoms with Crippen molar-refractivity contribution in [3.63, 3.8) is 0 Å². The molecule has 6 nitrogen and oxygen atoms in total. The molecule has 1 N–H and O–H groups in total. The van der Waals surface area contributed by atoms with E-state index in [2.05, 4.69) is 9.97 Å². The number of aromatic amines is 1. The average Bonchev–Trinajstić information content (AvgIpc) is 2.84. The minimum atomic E-state index is -0.360. The van der Waals surface area contributed by atoms with E-state index in [0.717, 1.165) is 17.5 Å². The molecule has 1 aliphatic rings. The molecule has 0 aliphatic carbocycles. The van der Waals surface area contributed by atoms with E-state index in [1.165, 1.54) is 0 Å². The Balaban J connectivity index is 1.58.